The van der Waals surface area contributed by atoms with Gasteiger partial charge in [-0.05, 0) is 37.5 Å². The molecule has 1 fully saturated rings. The molecule has 1 amide bonds. The van der Waals surface area contributed by atoms with Crippen molar-refractivity contribution in [3.8, 4) is 0 Å². The van der Waals surface area contributed by atoms with Crippen LogP contribution in [0.2, 0.25) is 0 Å². The van der Waals surface area contributed by atoms with E-state index < -0.39 is 0 Å². The van der Waals surface area contributed by atoms with Crippen molar-refractivity contribution in [1.29, 1.82) is 0 Å². The van der Waals surface area contributed by atoms with Crippen LogP contribution >= 0.6 is 0 Å². The Morgan fingerprint density at radius 2 is 1.83 bits per heavy atom. The van der Waals surface area contributed by atoms with Crippen LogP contribution in [0.5, 0.6) is 0 Å². The summed E-state index contributed by atoms with van der Waals surface area (Å²) < 4.78 is 0. The highest BCUT2D eigenvalue weighted by atomic mass is 16.1. The van der Waals surface area contributed by atoms with Gasteiger partial charge in [0.2, 0.25) is 5.91 Å². The Bertz CT molecular complexity index is 393. The van der Waals surface area contributed by atoms with Crippen molar-refractivity contribution in [3.63, 3.8) is 0 Å². The number of anilines is 1. The summed E-state index contributed by atoms with van der Waals surface area (Å²) in [5, 5.41) is 3.16. The van der Waals surface area contributed by atoms with Crippen molar-refractivity contribution < 1.29 is 4.79 Å². The number of nitrogens with two attached hydrogens (primary N) is 1. The lowest BCUT2D eigenvalue weighted by atomic mass is 9.94. The minimum absolute atomic E-state index is 0.104. The normalized spacial score (nSPS) is 18.3. The highest BCUT2D eigenvalue weighted by Crippen LogP contribution is 2.20. The van der Waals surface area contributed by atoms with Gasteiger partial charge in [-0.1, -0.05) is 31.4 Å². The Morgan fingerprint density at radius 1 is 1.22 bits per heavy atom. The Balaban J connectivity index is 1.93. The fourth-order valence-electron chi connectivity index (χ4n) is 2.51. The van der Waals surface area contributed by atoms with Crippen LogP contribution < -0.4 is 11.1 Å². The molecule has 0 saturated heterocycles. The summed E-state index contributed by atoms with van der Waals surface area (Å²) in [6.45, 7) is 1.95. The van der Waals surface area contributed by atoms with Gasteiger partial charge < -0.3 is 11.1 Å². The summed E-state index contributed by atoms with van der Waals surface area (Å²) in [5.41, 5.74) is 7.41. The van der Waals surface area contributed by atoms with Crippen LogP contribution in [0.4, 0.5) is 5.69 Å². The molecule has 98 valence electrons. The first-order valence-corrected chi connectivity index (χ1v) is 6.82. The molecule has 0 spiro atoms. The molecule has 3 heteroatoms. The molecule has 1 atom stereocenters. The molecule has 3 N–H and O–H groups in total. The maximum atomic E-state index is 12.2. The summed E-state index contributed by atoms with van der Waals surface area (Å²) >= 11 is 0. The maximum absolute atomic E-state index is 12.2. The van der Waals surface area contributed by atoms with Gasteiger partial charge in [0, 0.05) is 11.7 Å². The predicted octanol–water partition coefficient (Wildman–Crippen LogP) is 2.82. The molecule has 0 heterocycles. The highest BCUT2D eigenvalue weighted by Gasteiger charge is 2.20. The third kappa shape index (κ3) is 3.25. The second-order valence-electron chi connectivity index (χ2n) is 5.23. The average molecular weight is 246 g/mol. The summed E-state index contributed by atoms with van der Waals surface area (Å²) in [4.78, 5) is 12.2. The zero-order valence-corrected chi connectivity index (χ0v) is 11.0. The minimum atomic E-state index is -0.104. The van der Waals surface area contributed by atoms with Crippen molar-refractivity contribution >= 4 is 11.6 Å². The number of rotatable bonds is 3. The van der Waals surface area contributed by atoms with Gasteiger partial charge in [0.1, 0.15) is 0 Å². The van der Waals surface area contributed by atoms with Crippen molar-refractivity contribution in [3.05, 3.63) is 29.8 Å². The van der Waals surface area contributed by atoms with Crippen LogP contribution in [0.1, 0.15) is 50.5 Å². The van der Waals surface area contributed by atoms with E-state index in [1.54, 1.807) is 0 Å². The van der Waals surface area contributed by atoms with Crippen LogP contribution in [-0.2, 0) is 4.79 Å². The van der Waals surface area contributed by atoms with Crippen LogP contribution in [0.3, 0.4) is 0 Å². The molecule has 2 rings (SSSR count). The average Bonchev–Trinajstić information content (AvgIpc) is 2.40. The van der Waals surface area contributed by atoms with Gasteiger partial charge in [0.25, 0.3) is 0 Å². The second-order valence-corrected chi connectivity index (χ2v) is 5.23. The van der Waals surface area contributed by atoms with Crippen LogP contribution in [0.25, 0.3) is 0 Å². The third-order valence-electron chi connectivity index (χ3n) is 3.78. The Morgan fingerprint density at radius 3 is 2.44 bits per heavy atom. The van der Waals surface area contributed by atoms with Crippen LogP contribution in [-0.4, -0.2) is 11.9 Å². The van der Waals surface area contributed by atoms with Crippen molar-refractivity contribution in [1.82, 2.24) is 5.32 Å². The lowest BCUT2D eigenvalue weighted by Gasteiger charge is -2.24. The van der Waals surface area contributed by atoms with E-state index in [1.165, 1.54) is 19.3 Å². The van der Waals surface area contributed by atoms with Crippen LogP contribution in [0, 0.1) is 0 Å². The number of carbonyl (C=O) groups is 1. The Labute approximate surface area is 109 Å². The molecule has 0 aromatic heterocycles. The van der Waals surface area contributed by atoms with E-state index in [0.29, 0.717) is 6.04 Å². The molecule has 1 aliphatic rings. The van der Waals surface area contributed by atoms with Gasteiger partial charge >= 0.3 is 0 Å². The summed E-state index contributed by atoms with van der Waals surface area (Å²) in [5.74, 6) is 0.0270. The smallest absolute Gasteiger partial charge is 0.227 e. The minimum Gasteiger partial charge on any atom is -0.399 e. The molecule has 3 nitrogen and oxygen atoms in total. The Hall–Kier alpha value is -1.51. The quantitative estimate of drug-likeness (QED) is 0.806. The fourth-order valence-corrected chi connectivity index (χ4v) is 2.51. The second kappa shape index (κ2) is 5.89. The Kier molecular flexibility index (Phi) is 4.24. The first-order valence-electron chi connectivity index (χ1n) is 6.82. The lowest BCUT2D eigenvalue weighted by Crippen LogP contribution is -2.38. The fraction of sp³-hybridized carbons (Fsp3) is 0.533. The monoisotopic (exact) mass is 246 g/mol. The summed E-state index contributed by atoms with van der Waals surface area (Å²) in [6, 6.07) is 7.93. The number of nitrogens with one attached hydrogen (secondary N) is 1. The van der Waals surface area contributed by atoms with Crippen LogP contribution in [0.15, 0.2) is 24.3 Å². The van der Waals surface area contributed by atoms with Crippen molar-refractivity contribution in [2.75, 3.05) is 5.73 Å². The van der Waals surface area contributed by atoms with Gasteiger partial charge in [-0.3, -0.25) is 4.79 Å². The largest absolute Gasteiger partial charge is 0.399 e. The maximum Gasteiger partial charge on any atom is 0.227 e. The first-order chi connectivity index (χ1) is 8.66. The molecular weight excluding hydrogens is 224 g/mol. The molecule has 1 unspecified atom stereocenters. The van der Waals surface area contributed by atoms with Gasteiger partial charge in [-0.2, -0.15) is 0 Å². The molecule has 0 radical (unpaired) electrons. The summed E-state index contributed by atoms with van der Waals surface area (Å²) in [6.07, 6.45) is 6.03. The van der Waals surface area contributed by atoms with E-state index in [9.17, 15) is 4.79 Å². The van der Waals surface area contributed by atoms with Crippen molar-refractivity contribution in [2.24, 2.45) is 0 Å². The van der Waals surface area contributed by atoms with Gasteiger partial charge in [-0.15, -0.1) is 0 Å². The lowest BCUT2D eigenvalue weighted by molar-refractivity contribution is -0.123. The topological polar surface area (TPSA) is 55.1 Å². The molecule has 1 aliphatic carbocycles. The number of amides is 1. The van der Waals surface area contributed by atoms with Gasteiger partial charge in [0.15, 0.2) is 0 Å². The predicted molar refractivity (Wildman–Crippen MR) is 74.3 cm³/mol. The molecule has 0 aliphatic heterocycles. The summed E-state index contributed by atoms with van der Waals surface area (Å²) in [7, 11) is 0. The highest BCUT2D eigenvalue weighted by molar-refractivity contribution is 5.83. The van der Waals surface area contributed by atoms with E-state index in [2.05, 4.69) is 5.32 Å². The third-order valence-corrected chi connectivity index (χ3v) is 3.78. The molecule has 1 aromatic carbocycles. The zero-order valence-electron chi connectivity index (χ0n) is 11.0. The van der Waals surface area contributed by atoms with Gasteiger partial charge in [0.05, 0.1) is 5.92 Å². The van der Waals surface area contributed by atoms with E-state index in [4.69, 9.17) is 5.73 Å². The zero-order chi connectivity index (χ0) is 13.0. The van der Waals surface area contributed by atoms with E-state index in [-0.39, 0.29) is 11.8 Å². The van der Waals surface area contributed by atoms with Crippen molar-refractivity contribution in [2.45, 2.75) is 51.0 Å². The molecule has 0 bridgehead atoms. The number of carbonyl (C=O) groups excluding carboxylic acids is 1. The standard InChI is InChI=1S/C15H22N2O/c1-11(12-7-9-13(16)10-8-12)15(18)17-14-5-3-2-4-6-14/h7-11,14H,2-6,16H2,1H3,(H,17,18). The number of nitrogen functional groups attached to an aromatic ring is 1. The molecule has 1 aromatic rings. The van der Waals surface area contributed by atoms with E-state index in [0.717, 1.165) is 24.1 Å². The van der Waals surface area contributed by atoms with E-state index in [1.807, 2.05) is 31.2 Å². The molecule has 1 saturated carbocycles. The molecule has 18 heavy (non-hydrogen) atoms. The van der Waals surface area contributed by atoms with E-state index >= 15 is 0 Å². The number of hydrogen-bond donors (Lipinski definition) is 2. The first kappa shape index (κ1) is 12.9. The number of benzene rings is 1. The number of hydrogen-bond acceptors (Lipinski definition) is 2. The SMILES string of the molecule is CC(C(=O)NC1CCCCC1)c1ccc(N)cc1. The van der Waals surface area contributed by atoms with Gasteiger partial charge in [-0.25, -0.2) is 0 Å². The molecular formula is C15H22N2O.